The zero-order valence-corrected chi connectivity index (χ0v) is 16.5. The maximum Gasteiger partial charge on any atom is 0.294 e. The van der Waals surface area contributed by atoms with Crippen molar-refractivity contribution >= 4 is 51.5 Å². The summed E-state index contributed by atoms with van der Waals surface area (Å²) in [5, 5.41) is 2.57. The highest BCUT2D eigenvalue weighted by molar-refractivity contribution is 8.18. The summed E-state index contributed by atoms with van der Waals surface area (Å²) < 4.78 is 28.6. The van der Waals surface area contributed by atoms with Crippen molar-refractivity contribution in [3.8, 4) is 0 Å². The van der Waals surface area contributed by atoms with Gasteiger partial charge in [-0.1, -0.05) is 18.2 Å². The van der Waals surface area contributed by atoms with Gasteiger partial charge in [-0.15, -0.1) is 0 Å². The predicted octanol–water partition coefficient (Wildman–Crippen LogP) is 4.13. The summed E-state index contributed by atoms with van der Waals surface area (Å²) in [6, 6.07) is 10.3. The molecule has 1 saturated heterocycles. The Morgan fingerprint density at radius 2 is 1.93 bits per heavy atom. The van der Waals surface area contributed by atoms with Crippen LogP contribution in [0.15, 0.2) is 53.6 Å². The van der Waals surface area contributed by atoms with Gasteiger partial charge in [-0.2, -0.15) is 0 Å². The first-order valence-electron chi connectivity index (χ1n) is 8.88. The fraction of sp³-hybridized carbons (Fsp3) is 0.0952. The van der Waals surface area contributed by atoms with Crippen LogP contribution >= 0.6 is 11.8 Å². The quantitative estimate of drug-likeness (QED) is 0.636. The number of hydrogen-bond acceptors (Lipinski definition) is 4. The summed E-state index contributed by atoms with van der Waals surface area (Å²) in [5.74, 6) is -3.11. The number of anilines is 1. The number of rotatable bonds is 4. The van der Waals surface area contributed by atoms with Crippen LogP contribution in [0.1, 0.15) is 5.56 Å². The molecule has 2 aromatic carbocycles. The molecule has 1 N–H and O–H groups in total. The molecule has 0 spiro atoms. The van der Waals surface area contributed by atoms with Crippen molar-refractivity contribution in [3.05, 3.63) is 70.8 Å². The first-order valence-corrected chi connectivity index (χ1v) is 9.69. The molecule has 0 bridgehead atoms. The van der Waals surface area contributed by atoms with Crippen LogP contribution < -0.4 is 5.32 Å². The zero-order chi connectivity index (χ0) is 21.4. The fourth-order valence-electron chi connectivity index (χ4n) is 3.19. The highest BCUT2D eigenvalue weighted by Gasteiger charge is 2.36. The molecule has 1 aliphatic heterocycles. The van der Waals surface area contributed by atoms with Crippen molar-refractivity contribution in [2.24, 2.45) is 7.05 Å². The minimum atomic E-state index is -0.951. The van der Waals surface area contributed by atoms with Gasteiger partial charge in [0.1, 0.15) is 18.2 Å². The van der Waals surface area contributed by atoms with Gasteiger partial charge in [0.25, 0.3) is 11.1 Å². The molecule has 0 aliphatic carbocycles. The van der Waals surface area contributed by atoms with E-state index in [2.05, 4.69) is 5.32 Å². The number of nitrogens with one attached hydrogen (secondary N) is 1. The molecule has 30 heavy (non-hydrogen) atoms. The molecular formula is C21H15F2N3O3S. The van der Waals surface area contributed by atoms with Crippen molar-refractivity contribution < 1.29 is 23.2 Å². The topological polar surface area (TPSA) is 71.4 Å². The second kappa shape index (κ2) is 7.75. The number of nitrogens with zero attached hydrogens (tertiary/aromatic N) is 2. The largest absolute Gasteiger partial charge is 0.350 e. The molecule has 1 fully saturated rings. The zero-order valence-electron chi connectivity index (χ0n) is 15.7. The Morgan fingerprint density at radius 1 is 1.17 bits per heavy atom. The standard InChI is InChI=1S/C21H15F2N3O3S/c1-25-10-12(14-4-2-3-5-17(14)25)8-18-20(28)26(21(29)30-18)11-19(27)24-16-7-6-13(22)9-15(16)23/h2-10H,11H2,1H3,(H,24,27)/b18-8+. The summed E-state index contributed by atoms with van der Waals surface area (Å²) >= 11 is 0.733. The van der Waals surface area contributed by atoms with Crippen LogP contribution in [0.2, 0.25) is 0 Å². The minimum Gasteiger partial charge on any atom is -0.350 e. The first kappa shape index (κ1) is 19.8. The molecule has 152 valence electrons. The molecule has 1 aliphatic rings. The number of para-hydroxylation sites is 1. The normalized spacial score (nSPS) is 15.4. The molecule has 0 unspecified atom stereocenters. The van der Waals surface area contributed by atoms with E-state index >= 15 is 0 Å². The molecule has 3 amide bonds. The molecule has 1 aromatic heterocycles. The molecule has 4 rings (SSSR count). The summed E-state index contributed by atoms with van der Waals surface area (Å²) in [6.07, 6.45) is 3.47. The third kappa shape index (κ3) is 3.71. The Balaban J connectivity index is 1.52. The number of amides is 3. The van der Waals surface area contributed by atoms with Crippen LogP contribution in [-0.4, -0.2) is 33.1 Å². The van der Waals surface area contributed by atoms with E-state index in [1.165, 1.54) is 0 Å². The molecule has 6 nitrogen and oxygen atoms in total. The summed E-state index contributed by atoms with van der Waals surface area (Å²) in [7, 11) is 1.88. The second-order valence-electron chi connectivity index (χ2n) is 6.65. The lowest BCUT2D eigenvalue weighted by Gasteiger charge is -2.12. The average molecular weight is 427 g/mol. The Morgan fingerprint density at radius 3 is 2.70 bits per heavy atom. The fourth-order valence-corrected chi connectivity index (χ4v) is 4.02. The van der Waals surface area contributed by atoms with Crippen LogP contribution in [0.5, 0.6) is 0 Å². The molecule has 0 saturated carbocycles. The number of hydrogen-bond donors (Lipinski definition) is 1. The van der Waals surface area contributed by atoms with E-state index in [0.717, 1.165) is 45.3 Å². The summed E-state index contributed by atoms with van der Waals surface area (Å²) in [6.45, 7) is -0.575. The molecule has 2 heterocycles. The van der Waals surface area contributed by atoms with Gasteiger partial charge < -0.3 is 9.88 Å². The number of fused-ring (bicyclic) bond motifs is 1. The van der Waals surface area contributed by atoms with E-state index < -0.39 is 35.2 Å². The minimum absolute atomic E-state index is 0.192. The Bertz CT molecular complexity index is 1240. The van der Waals surface area contributed by atoms with Crippen molar-refractivity contribution in [2.75, 3.05) is 11.9 Å². The van der Waals surface area contributed by atoms with Gasteiger partial charge >= 0.3 is 0 Å². The maximum atomic E-state index is 13.7. The second-order valence-corrected chi connectivity index (χ2v) is 7.65. The number of benzene rings is 2. The van der Waals surface area contributed by atoms with E-state index in [0.29, 0.717) is 6.07 Å². The van der Waals surface area contributed by atoms with E-state index in [9.17, 15) is 23.2 Å². The molecule has 0 radical (unpaired) electrons. The van der Waals surface area contributed by atoms with Crippen molar-refractivity contribution in [1.29, 1.82) is 0 Å². The maximum absolute atomic E-state index is 13.7. The predicted molar refractivity (Wildman–Crippen MR) is 111 cm³/mol. The van der Waals surface area contributed by atoms with E-state index in [4.69, 9.17) is 0 Å². The third-order valence-electron chi connectivity index (χ3n) is 4.59. The van der Waals surface area contributed by atoms with Crippen LogP contribution in [0.25, 0.3) is 17.0 Å². The number of carbonyl (C=O) groups is 3. The smallest absolute Gasteiger partial charge is 0.294 e. The Labute approximate surface area is 174 Å². The van der Waals surface area contributed by atoms with Gasteiger partial charge in [-0.25, -0.2) is 8.78 Å². The van der Waals surface area contributed by atoms with E-state index in [-0.39, 0.29) is 10.6 Å². The lowest BCUT2D eigenvalue weighted by Crippen LogP contribution is -2.36. The highest BCUT2D eigenvalue weighted by Crippen LogP contribution is 2.34. The molecule has 9 heteroatoms. The van der Waals surface area contributed by atoms with Gasteiger partial charge in [0.15, 0.2) is 0 Å². The highest BCUT2D eigenvalue weighted by atomic mass is 32.2. The SMILES string of the molecule is Cn1cc(/C=C2/SC(=O)N(CC(=O)Nc3ccc(F)cc3F)C2=O)c2ccccc21. The lowest BCUT2D eigenvalue weighted by atomic mass is 10.1. The van der Waals surface area contributed by atoms with Gasteiger partial charge in [0, 0.05) is 35.8 Å². The molecule has 0 atom stereocenters. The van der Waals surface area contributed by atoms with Crippen molar-refractivity contribution in [3.63, 3.8) is 0 Å². The lowest BCUT2D eigenvalue weighted by molar-refractivity contribution is -0.127. The number of imide groups is 1. The Hall–Kier alpha value is -3.46. The summed E-state index contributed by atoms with van der Waals surface area (Å²) in [4.78, 5) is 38.1. The van der Waals surface area contributed by atoms with E-state index in [1.54, 1.807) is 6.08 Å². The van der Waals surface area contributed by atoms with Crippen molar-refractivity contribution in [1.82, 2.24) is 9.47 Å². The van der Waals surface area contributed by atoms with Crippen molar-refractivity contribution in [2.45, 2.75) is 0 Å². The van der Waals surface area contributed by atoms with Gasteiger partial charge in [-0.05, 0) is 36.0 Å². The van der Waals surface area contributed by atoms with E-state index in [1.807, 2.05) is 42.1 Å². The number of carbonyl (C=O) groups excluding carboxylic acids is 3. The van der Waals surface area contributed by atoms with Crippen LogP contribution in [0.4, 0.5) is 19.3 Å². The third-order valence-corrected chi connectivity index (χ3v) is 5.50. The number of thioether (sulfide) groups is 1. The van der Waals surface area contributed by atoms with Crippen LogP contribution in [-0.2, 0) is 16.6 Å². The van der Waals surface area contributed by atoms with Gasteiger partial charge in [-0.3, -0.25) is 19.3 Å². The Kier molecular flexibility index (Phi) is 5.13. The van der Waals surface area contributed by atoms with Crippen LogP contribution in [0, 0.1) is 11.6 Å². The average Bonchev–Trinajstić information content (AvgIpc) is 3.16. The van der Waals surface area contributed by atoms with Crippen LogP contribution in [0.3, 0.4) is 0 Å². The monoisotopic (exact) mass is 427 g/mol. The number of aromatic nitrogens is 1. The number of halogens is 2. The number of aryl methyl sites for hydroxylation is 1. The van der Waals surface area contributed by atoms with Gasteiger partial charge in [0.05, 0.1) is 10.6 Å². The molecular weight excluding hydrogens is 412 g/mol. The summed E-state index contributed by atoms with van der Waals surface area (Å²) in [5.41, 5.74) is 1.51. The van der Waals surface area contributed by atoms with Gasteiger partial charge in [0.2, 0.25) is 5.91 Å². The molecule has 3 aromatic rings. The first-order chi connectivity index (χ1) is 14.3.